The molecule has 0 heterocycles. The number of aryl methyl sites for hydroxylation is 4. The normalized spacial score (nSPS) is 15.8. The number of hydrogen-bond acceptors (Lipinski definition) is 0. The van der Waals surface area contributed by atoms with Crippen LogP contribution in [0.2, 0.25) is 0 Å². The molecular formula is C68H88Cl2Zr2-2. The van der Waals surface area contributed by atoms with E-state index in [4.69, 9.17) is 0 Å². The van der Waals surface area contributed by atoms with Crippen LogP contribution in [0, 0.1) is 52.0 Å². The van der Waals surface area contributed by atoms with Crippen molar-refractivity contribution in [3.05, 3.63) is 164 Å². The van der Waals surface area contributed by atoms with E-state index in [0.29, 0.717) is 0 Å². The molecule has 0 nitrogen and oxygen atoms in total. The van der Waals surface area contributed by atoms with E-state index < -0.39 is 0 Å². The third-order valence-electron chi connectivity index (χ3n) is 14.2. The molecule has 0 saturated heterocycles. The van der Waals surface area contributed by atoms with Gasteiger partial charge in [0.1, 0.15) is 0 Å². The van der Waals surface area contributed by atoms with Crippen molar-refractivity contribution in [3.8, 4) is 22.3 Å². The first-order valence-electron chi connectivity index (χ1n) is 26.7. The van der Waals surface area contributed by atoms with Gasteiger partial charge in [-0.1, -0.05) is 143 Å². The molecule has 0 amide bonds. The summed E-state index contributed by atoms with van der Waals surface area (Å²) in [6, 6.07) is 21.9. The van der Waals surface area contributed by atoms with Crippen molar-refractivity contribution in [2.45, 2.75) is 222 Å². The molecule has 6 aliphatic rings. The number of allylic oxidation sites excluding steroid dienone is 8. The van der Waals surface area contributed by atoms with Gasteiger partial charge in [-0.3, -0.25) is 12.2 Å². The van der Waals surface area contributed by atoms with E-state index in [0.717, 1.165) is 25.7 Å². The Kier molecular flexibility index (Phi) is 25.3. The Morgan fingerprint density at radius 3 is 0.931 bits per heavy atom. The molecule has 384 valence electrons. The first-order chi connectivity index (χ1) is 32.8. The SMILES string of the molecule is Cc1[c-]c2c(cc1C(C)(C)C)-c1cc(C(C)(C)C)c(C)cc1C2.Cc1[c-]c2c(cc1C(C)(C)C)-c1cc(C(C)(C)C)c(C)cc1C2.[C-]1=CC=CC1.[C-]1=CC=CC1.[Cl-].[Cl-].[Zr+2]=[C]1CCCCC1.[Zr+2]=[C]1CCCCC1. The number of rotatable bonds is 0. The molecule has 0 radical (unpaired) electrons. The summed E-state index contributed by atoms with van der Waals surface area (Å²) < 4.78 is 3.61. The molecule has 10 rings (SSSR count). The van der Waals surface area contributed by atoms with E-state index in [1.54, 1.807) is 54.9 Å². The van der Waals surface area contributed by atoms with Gasteiger partial charge in [-0.05, 0) is 70.9 Å². The monoisotopic (exact) mass is 1150 g/mol. The molecule has 0 bridgehead atoms. The molecular weight excluding hydrogens is 1070 g/mol. The van der Waals surface area contributed by atoms with Crippen LogP contribution in [0.4, 0.5) is 0 Å². The minimum absolute atomic E-state index is 0. The van der Waals surface area contributed by atoms with Crippen LogP contribution in [-0.4, -0.2) is 6.41 Å². The van der Waals surface area contributed by atoms with Crippen LogP contribution in [0.1, 0.15) is 227 Å². The van der Waals surface area contributed by atoms with Gasteiger partial charge in [0.2, 0.25) is 0 Å². The number of halogens is 2. The molecule has 72 heavy (non-hydrogen) atoms. The number of fused-ring (bicyclic) bond motifs is 6. The van der Waals surface area contributed by atoms with Crippen LogP contribution >= 0.6 is 0 Å². The third kappa shape index (κ3) is 18.6. The Labute approximate surface area is 483 Å². The predicted octanol–water partition coefficient (Wildman–Crippen LogP) is 12.5. The Hall–Kier alpha value is -2.07. The Balaban J connectivity index is 0.000000256. The maximum atomic E-state index is 3.69. The van der Waals surface area contributed by atoms with E-state index in [1.807, 2.05) is 24.3 Å². The summed E-state index contributed by atoms with van der Waals surface area (Å²) in [5.74, 6) is 0. The average molecular weight is 1160 g/mol. The van der Waals surface area contributed by atoms with Gasteiger partial charge in [0.25, 0.3) is 0 Å². The molecule has 4 aromatic rings. The van der Waals surface area contributed by atoms with Crippen LogP contribution in [0.15, 0.2) is 72.9 Å². The minimum atomic E-state index is 0. The summed E-state index contributed by atoms with van der Waals surface area (Å²) in [5.41, 5.74) is 23.2. The fourth-order valence-electron chi connectivity index (χ4n) is 10.7. The van der Waals surface area contributed by atoms with Crippen LogP contribution in [0.3, 0.4) is 0 Å². The van der Waals surface area contributed by atoms with Gasteiger partial charge in [-0.15, -0.1) is 46.2 Å². The second-order valence-electron chi connectivity index (χ2n) is 24.7. The molecule has 4 heteroatoms. The summed E-state index contributed by atoms with van der Waals surface area (Å²) >= 11 is 3.38. The number of hydrogen-bond donors (Lipinski definition) is 0. The zero-order valence-corrected chi connectivity index (χ0v) is 54.0. The topological polar surface area (TPSA) is 0 Å². The average Bonchev–Trinajstić information content (AvgIpc) is 4.12. The zero-order chi connectivity index (χ0) is 51.6. The van der Waals surface area contributed by atoms with Crippen molar-refractivity contribution in [1.82, 2.24) is 0 Å². The summed E-state index contributed by atoms with van der Waals surface area (Å²) in [5, 5.41) is 0. The molecule has 0 aromatic heterocycles. The molecule has 0 atom stereocenters. The third-order valence-corrected chi connectivity index (χ3v) is 16.7. The Morgan fingerprint density at radius 1 is 0.403 bits per heavy atom. The van der Waals surface area contributed by atoms with Gasteiger partial charge in [-0.25, -0.2) is 24.3 Å². The van der Waals surface area contributed by atoms with Crippen molar-refractivity contribution in [1.29, 1.82) is 0 Å². The first-order valence-corrected chi connectivity index (χ1v) is 29.2. The Morgan fingerprint density at radius 2 is 0.708 bits per heavy atom. The summed E-state index contributed by atoms with van der Waals surface area (Å²) in [6.07, 6.45) is 36.7. The fraction of sp³-hybridized carbons (Fsp3) is 0.500. The second kappa shape index (κ2) is 28.3. The standard InChI is InChI=1S/2C23H29.2C6H10.2C5H5.2ClH.2Zr/c2*1-14-9-16-11-17-10-15(2)21(23(6,7)8)13-19(17)18(16)12-20(14)22(3,4)5;2*1-2-4-6-5-3-1;2*1-2-4-5-3-1;;;;/h2*9,12-13H,11H2,1-8H3;2*1-5H2;2*1-3H,4H2;2*1H;;/q2*-1;;;2*-1;;;2*+2/p-2. The van der Waals surface area contributed by atoms with Gasteiger partial charge in [0, 0.05) is 0 Å². The van der Waals surface area contributed by atoms with E-state index in [-0.39, 0.29) is 46.5 Å². The molecule has 0 aliphatic heterocycles. The maximum absolute atomic E-state index is 3.69. The van der Waals surface area contributed by atoms with Crippen LogP contribution in [-0.2, 0) is 83.0 Å². The van der Waals surface area contributed by atoms with Gasteiger partial charge in [0.15, 0.2) is 0 Å². The second-order valence-corrected chi connectivity index (χ2v) is 28.2. The van der Waals surface area contributed by atoms with Gasteiger partial charge < -0.3 is 24.8 Å². The predicted molar refractivity (Wildman–Crippen MR) is 300 cm³/mol. The summed E-state index contributed by atoms with van der Waals surface area (Å²) in [4.78, 5) is 0. The molecule has 0 unspecified atom stereocenters. The van der Waals surface area contributed by atoms with Crippen LogP contribution in [0.25, 0.3) is 22.3 Å². The van der Waals surface area contributed by atoms with E-state index >= 15 is 0 Å². The van der Waals surface area contributed by atoms with Crippen molar-refractivity contribution in [2.75, 3.05) is 0 Å². The van der Waals surface area contributed by atoms with Gasteiger partial charge in [0.05, 0.1) is 0 Å². The molecule has 0 spiro atoms. The summed E-state index contributed by atoms with van der Waals surface area (Å²) in [6.45, 7) is 36.5. The van der Waals surface area contributed by atoms with Crippen molar-refractivity contribution >= 4 is 6.41 Å². The molecule has 4 aromatic carbocycles. The van der Waals surface area contributed by atoms with Crippen molar-refractivity contribution < 1.29 is 73.3 Å². The number of benzene rings is 4. The first kappa shape index (κ1) is 64.2. The van der Waals surface area contributed by atoms with Crippen molar-refractivity contribution in [2.24, 2.45) is 0 Å². The van der Waals surface area contributed by atoms with E-state index in [2.05, 4.69) is 184 Å². The van der Waals surface area contributed by atoms with E-state index in [1.165, 1.54) is 153 Å². The van der Waals surface area contributed by atoms with Gasteiger partial charge in [-0.2, -0.15) is 47.5 Å². The molecule has 0 N–H and O–H groups in total. The molecule has 6 aliphatic carbocycles. The quantitative estimate of drug-likeness (QED) is 0.133. The van der Waals surface area contributed by atoms with Crippen LogP contribution in [0.5, 0.6) is 0 Å². The van der Waals surface area contributed by atoms with Crippen LogP contribution < -0.4 is 24.8 Å². The fourth-order valence-corrected chi connectivity index (χ4v) is 12.4. The molecule has 2 saturated carbocycles. The molecule has 2 fully saturated rings. The summed E-state index contributed by atoms with van der Waals surface area (Å²) in [7, 11) is 0. The zero-order valence-electron chi connectivity index (χ0n) is 47.6. The van der Waals surface area contributed by atoms with Crippen molar-refractivity contribution in [3.63, 3.8) is 0 Å². The van der Waals surface area contributed by atoms with E-state index in [9.17, 15) is 0 Å². The Bertz CT molecular complexity index is 2250. The van der Waals surface area contributed by atoms with Gasteiger partial charge >= 0.3 is 119 Å².